The van der Waals surface area contributed by atoms with E-state index in [-0.39, 0.29) is 29.7 Å². The van der Waals surface area contributed by atoms with Crippen LogP contribution in [0.25, 0.3) is 0 Å². The van der Waals surface area contributed by atoms with E-state index in [9.17, 15) is 18.0 Å². The Kier molecular flexibility index (Phi) is 5.78. The summed E-state index contributed by atoms with van der Waals surface area (Å²) in [5.74, 6) is -0.584. The number of nitrogens with one attached hydrogen (secondary N) is 2. The maximum Gasteiger partial charge on any atom is 0.229 e. The van der Waals surface area contributed by atoms with Crippen molar-refractivity contribution in [2.45, 2.75) is 13.3 Å². The summed E-state index contributed by atoms with van der Waals surface area (Å²) in [5, 5.41) is 2.78. The van der Waals surface area contributed by atoms with Crippen LogP contribution in [-0.2, 0) is 19.6 Å². The average molecular weight is 417 g/mol. The molecule has 1 saturated heterocycles. The van der Waals surface area contributed by atoms with E-state index in [1.54, 1.807) is 11.0 Å². The lowest BCUT2D eigenvalue weighted by Gasteiger charge is -2.17. The van der Waals surface area contributed by atoms with Gasteiger partial charge in [0.25, 0.3) is 0 Å². The summed E-state index contributed by atoms with van der Waals surface area (Å²) in [6.45, 7) is 2.27. The van der Waals surface area contributed by atoms with Crippen LogP contribution in [0.15, 0.2) is 42.5 Å². The molecule has 154 valence electrons. The highest BCUT2D eigenvalue weighted by Crippen LogP contribution is 2.30. The third-order valence-electron chi connectivity index (χ3n) is 4.61. The number of methoxy groups -OCH3 is 1. The van der Waals surface area contributed by atoms with Gasteiger partial charge in [0.05, 0.1) is 25.0 Å². The highest BCUT2D eigenvalue weighted by molar-refractivity contribution is 7.92. The molecule has 29 heavy (non-hydrogen) atoms. The number of sulfonamides is 1. The molecule has 0 aromatic heterocycles. The number of benzene rings is 2. The molecule has 2 N–H and O–H groups in total. The van der Waals surface area contributed by atoms with Crippen LogP contribution in [0.5, 0.6) is 5.75 Å². The molecule has 1 heterocycles. The van der Waals surface area contributed by atoms with Gasteiger partial charge in [-0.3, -0.25) is 14.3 Å². The summed E-state index contributed by atoms with van der Waals surface area (Å²) >= 11 is 0. The largest absolute Gasteiger partial charge is 0.494 e. The van der Waals surface area contributed by atoms with Gasteiger partial charge in [-0.15, -0.1) is 0 Å². The van der Waals surface area contributed by atoms with E-state index in [4.69, 9.17) is 4.74 Å². The molecular formula is C20H23N3O5S. The number of nitrogens with zero attached hydrogens (tertiary/aromatic N) is 1. The maximum atomic E-state index is 12.7. The highest BCUT2D eigenvalue weighted by Gasteiger charge is 2.35. The number of ether oxygens (including phenoxy) is 1. The van der Waals surface area contributed by atoms with Crippen LogP contribution < -0.4 is 19.7 Å². The van der Waals surface area contributed by atoms with Gasteiger partial charge in [-0.2, -0.15) is 0 Å². The SMILES string of the molecule is COc1cc(NC(=O)[C@@H]2CC(=O)N(c3ccc(C)cc3)C2)ccc1NS(C)(=O)=O. The molecule has 2 aromatic rings. The van der Waals surface area contributed by atoms with Crippen molar-refractivity contribution in [3.63, 3.8) is 0 Å². The van der Waals surface area contributed by atoms with Crippen LogP contribution >= 0.6 is 0 Å². The summed E-state index contributed by atoms with van der Waals surface area (Å²) in [6.07, 6.45) is 1.17. The first-order valence-electron chi connectivity index (χ1n) is 9.00. The molecule has 0 aliphatic carbocycles. The molecule has 9 heteroatoms. The van der Waals surface area contributed by atoms with E-state index in [0.717, 1.165) is 17.5 Å². The second-order valence-electron chi connectivity index (χ2n) is 7.02. The topological polar surface area (TPSA) is 105 Å². The van der Waals surface area contributed by atoms with Gasteiger partial charge in [-0.05, 0) is 31.2 Å². The van der Waals surface area contributed by atoms with Gasteiger partial charge in [-0.25, -0.2) is 8.42 Å². The molecule has 3 rings (SSSR count). The van der Waals surface area contributed by atoms with Crippen molar-refractivity contribution < 1.29 is 22.7 Å². The molecule has 1 aliphatic rings. The fourth-order valence-electron chi connectivity index (χ4n) is 3.15. The van der Waals surface area contributed by atoms with Crippen molar-refractivity contribution in [1.82, 2.24) is 0 Å². The van der Waals surface area contributed by atoms with Crippen molar-refractivity contribution in [3.05, 3.63) is 48.0 Å². The van der Waals surface area contributed by atoms with E-state index in [2.05, 4.69) is 10.0 Å². The molecule has 0 unspecified atom stereocenters. The lowest BCUT2D eigenvalue weighted by atomic mass is 10.1. The Morgan fingerprint density at radius 1 is 1.17 bits per heavy atom. The van der Waals surface area contributed by atoms with Crippen molar-refractivity contribution in [2.75, 3.05) is 34.8 Å². The predicted octanol–water partition coefficient (Wildman–Crippen LogP) is 2.37. The second-order valence-corrected chi connectivity index (χ2v) is 8.77. The van der Waals surface area contributed by atoms with Crippen LogP contribution in [0.1, 0.15) is 12.0 Å². The molecule has 0 saturated carbocycles. The summed E-state index contributed by atoms with van der Waals surface area (Å²) < 4.78 is 30.4. The van der Waals surface area contributed by atoms with Gasteiger partial charge >= 0.3 is 0 Å². The van der Waals surface area contributed by atoms with Gasteiger partial charge in [0.1, 0.15) is 5.75 Å². The predicted molar refractivity (Wildman–Crippen MR) is 112 cm³/mol. The molecule has 2 amide bonds. The zero-order valence-electron chi connectivity index (χ0n) is 16.4. The average Bonchev–Trinajstić information content (AvgIpc) is 3.04. The summed E-state index contributed by atoms with van der Waals surface area (Å²) in [7, 11) is -2.05. The molecule has 1 aliphatic heterocycles. The Morgan fingerprint density at radius 3 is 2.48 bits per heavy atom. The third kappa shape index (κ3) is 5.05. The molecule has 0 spiro atoms. The Labute approximate surface area is 169 Å². The number of hydrogen-bond acceptors (Lipinski definition) is 5. The Bertz CT molecular complexity index is 1030. The van der Waals surface area contributed by atoms with Crippen molar-refractivity contribution in [1.29, 1.82) is 0 Å². The fraction of sp³-hybridized carbons (Fsp3) is 0.300. The van der Waals surface area contributed by atoms with E-state index in [1.165, 1.54) is 19.2 Å². The monoisotopic (exact) mass is 417 g/mol. The zero-order valence-corrected chi connectivity index (χ0v) is 17.2. The van der Waals surface area contributed by atoms with Crippen LogP contribution in [0, 0.1) is 12.8 Å². The molecule has 1 atom stereocenters. The van der Waals surface area contributed by atoms with Crippen LogP contribution in [-0.4, -0.2) is 40.1 Å². The third-order valence-corrected chi connectivity index (χ3v) is 5.20. The maximum absolute atomic E-state index is 12.7. The van der Waals surface area contributed by atoms with Crippen LogP contribution in [0.3, 0.4) is 0 Å². The fourth-order valence-corrected chi connectivity index (χ4v) is 3.72. The first-order chi connectivity index (χ1) is 13.7. The number of hydrogen-bond donors (Lipinski definition) is 2. The molecular weight excluding hydrogens is 394 g/mol. The molecule has 8 nitrogen and oxygen atoms in total. The number of carbonyl (C=O) groups excluding carboxylic acids is 2. The zero-order chi connectivity index (χ0) is 21.2. The minimum atomic E-state index is -3.46. The first-order valence-corrected chi connectivity index (χ1v) is 10.9. The number of rotatable bonds is 6. The standard InChI is InChI=1S/C20H23N3O5S/c1-13-4-7-16(8-5-13)23-12-14(10-19(23)24)20(25)21-15-6-9-17(18(11-15)28-2)22-29(3,26)27/h4-9,11,14,22H,10,12H2,1-3H3,(H,21,25)/t14-/m1/s1. The van der Waals surface area contributed by atoms with E-state index in [0.29, 0.717) is 12.2 Å². The lowest BCUT2D eigenvalue weighted by molar-refractivity contribution is -0.122. The van der Waals surface area contributed by atoms with Gasteiger partial charge < -0.3 is 15.0 Å². The Hall–Kier alpha value is -3.07. The smallest absolute Gasteiger partial charge is 0.229 e. The number of aryl methyl sites for hydroxylation is 1. The number of carbonyl (C=O) groups is 2. The molecule has 0 radical (unpaired) electrons. The van der Waals surface area contributed by atoms with E-state index < -0.39 is 15.9 Å². The van der Waals surface area contributed by atoms with Crippen molar-refractivity contribution in [3.8, 4) is 5.75 Å². The van der Waals surface area contributed by atoms with E-state index in [1.807, 2.05) is 31.2 Å². The molecule has 2 aromatic carbocycles. The summed E-state index contributed by atoms with van der Waals surface area (Å²) in [6, 6.07) is 12.2. The minimum absolute atomic E-state index is 0.0979. The van der Waals surface area contributed by atoms with Gasteiger partial charge in [0.2, 0.25) is 21.8 Å². The number of amides is 2. The first kappa shape index (κ1) is 20.7. The highest BCUT2D eigenvalue weighted by atomic mass is 32.2. The summed E-state index contributed by atoms with van der Waals surface area (Å²) in [5.41, 5.74) is 2.59. The Balaban J connectivity index is 1.70. The quantitative estimate of drug-likeness (QED) is 0.751. The molecule has 1 fully saturated rings. The van der Waals surface area contributed by atoms with Crippen LogP contribution in [0.4, 0.5) is 17.1 Å². The number of anilines is 3. The van der Waals surface area contributed by atoms with Gasteiger partial charge in [0, 0.05) is 30.4 Å². The van der Waals surface area contributed by atoms with Crippen molar-refractivity contribution in [2.24, 2.45) is 5.92 Å². The Morgan fingerprint density at radius 2 is 1.86 bits per heavy atom. The summed E-state index contributed by atoms with van der Waals surface area (Å²) in [4.78, 5) is 26.6. The van der Waals surface area contributed by atoms with Crippen LogP contribution in [0.2, 0.25) is 0 Å². The van der Waals surface area contributed by atoms with Crippen molar-refractivity contribution >= 4 is 38.9 Å². The van der Waals surface area contributed by atoms with Gasteiger partial charge in [0.15, 0.2) is 0 Å². The van der Waals surface area contributed by atoms with E-state index >= 15 is 0 Å². The second kappa shape index (κ2) is 8.12. The van der Waals surface area contributed by atoms with Gasteiger partial charge in [-0.1, -0.05) is 17.7 Å². The molecule has 0 bridgehead atoms. The lowest BCUT2D eigenvalue weighted by Crippen LogP contribution is -2.28. The minimum Gasteiger partial charge on any atom is -0.494 e. The normalized spacial score (nSPS) is 16.6.